The van der Waals surface area contributed by atoms with Crippen LogP contribution in [0.25, 0.3) is 11.2 Å². The number of urea groups is 1. The van der Waals surface area contributed by atoms with Gasteiger partial charge < -0.3 is 36.0 Å². The molecule has 0 bridgehead atoms. The molecule has 2 aromatic heterocycles. The molecule has 6 rings (SSSR count). The van der Waals surface area contributed by atoms with Crippen molar-refractivity contribution in [3.63, 3.8) is 0 Å². The Morgan fingerprint density at radius 1 is 0.980 bits per heavy atom. The van der Waals surface area contributed by atoms with Crippen LogP contribution in [0.15, 0.2) is 67.0 Å². The van der Waals surface area contributed by atoms with Gasteiger partial charge in [-0.15, -0.1) is 0 Å². The van der Waals surface area contributed by atoms with Crippen LogP contribution in [0.3, 0.4) is 0 Å². The van der Waals surface area contributed by atoms with Crippen LogP contribution >= 0.6 is 0 Å². The first-order valence-electron chi connectivity index (χ1n) is 17.3. The first-order chi connectivity index (χ1) is 23.8. The lowest BCUT2D eigenvalue weighted by molar-refractivity contribution is -0.0511. The van der Waals surface area contributed by atoms with Gasteiger partial charge in [0.05, 0.1) is 19.5 Å². The molecule has 1 aliphatic carbocycles. The molecule has 49 heavy (non-hydrogen) atoms. The molecule has 6 N–H and O–H groups in total. The molecular weight excluding hydrogens is 624 g/mol. The minimum atomic E-state index is -1.32. The second kappa shape index (κ2) is 16.0. The first-order valence-corrected chi connectivity index (χ1v) is 17.3. The third kappa shape index (κ3) is 8.03. The third-order valence-electron chi connectivity index (χ3n) is 9.66. The number of nitrogens with one attached hydrogen (secondary N) is 3. The zero-order chi connectivity index (χ0) is 34.3. The van der Waals surface area contributed by atoms with Crippen molar-refractivity contribution < 1.29 is 24.9 Å². The van der Waals surface area contributed by atoms with Crippen LogP contribution in [0.1, 0.15) is 68.6 Å². The van der Waals surface area contributed by atoms with E-state index in [-0.39, 0.29) is 18.5 Å². The van der Waals surface area contributed by atoms with Crippen molar-refractivity contribution in [2.45, 2.75) is 88.6 Å². The number of carbonyl (C=O) groups is 1. The van der Waals surface area contributed by atoms with E-state index in [1.807, 2.05) is 36.4 Å². The maximum Gasteiger partial charge on any atom is 0.315 e. The van der Waals surface area contributed by atoms with E-state index >= 15 is 0 Å². The zero-order valence-corrected chi connectivity index (χ0v) is 28.2. The Kier molecular flexibility index (Phi) is 11.4. The average Bonchev–Trinajstić information content (AvgIpc) is 3.87. The summed E-state index contributed by atoms with van der Waals surface area (Å²) in [6.07, 6.45) is 1.82. The number of carbonyl (C=O) groups excluding carboxylic acids is 1. The number of rotatable bonds is 14. The third-order valence-corrected chi connectivity index (χ3v) is 9.66. The van der Waals surface area contributed by atoms with Gasteiger partial charge in [-0.3, -0.25) is 9.47 Å². The van der Waals surface area contributed by atoms with Crippen LogP contribution in [0.4, 0.5) is 10.6 Å². The summed E-state index contributed by atoms with van der Waals surface area (Å²) < 4.78 is 7.34. The second-order valence-electron chi connectivity index (χ2n) is 13.2. The number of nitrogens with zero attached hydrogens (tertiary/aromatic N) is 5. The lowest BCUT2D eigenvalue weighted by Gasteiger charge is -2.32. The van der Waals surface area contributed by atoms with Gasteiger partial charge >= 0.3 is 6.03 Å². The highest BCUT2D eigenvalue weighted by Gasteiger charge is 2.44. The largest absolute Gasteiger partial charge is 0.394 e. The van der Waals surface area contributed by atoms with E-state index in [2.05, 4.69) is 63.9 Å². The molecule has 13 nitrogen and oxygen atoms in total. The molecular formula is C36H48N8O5. The number of imidazole rings is 1. The normalized spacial score (nSPS) is 21.3. The van der Waals surface area contributed by atoms with Crippen molar-refractivity contribution >= 4 is 23.0 Å². The van der Waals surface area contributed by atoms with Crippen LogP contribution in [-0.4, -0.2) is 102 Å². The number of hydrogen-bond acceptors (Lipinski definition) is 10. The average molecular weight is 673 g/mol. The van der Waals surface area contributed by atoms with Crippen LogP contribution in [0.5, 0.6) is 0 Å². The summed E-state index contributed by atoms with van der Waals surface area (Å²) in [5.41, 5.74) is 3.05. The predicted molar refractivity (Wildman–Crippen MR) is 186 cm³/mol. The van der Waals surface area contributed by atoms with E-state index in [9.17, 15) is 20.1 Å². The highest BCUT2D eigenvalue weighted by molar-refractivity contribution is 5.83. The summed E-state index contributed by atoms with van der Waals surface area (Å²) >= 11 is 0. The van der Waals surface area contributed by atoms with E-state index < -0.39 is 31.1 Å². The lowest BCUT2D eigenvalue weighted by atomic mass is 9.91. The SMILES string of the molecule is CC(C)N(CCNC(=O)NCc1nc(NCC(c2ccccc2)c2ccccc2)c2ncn([C@@H]3O[C@H](CO)[C@@H](O)[C@H]3O)c2n1)C1CCCC1. The van der Waals surface area contributed by atoms with E-state index in [0.29, 0.717) is 48.0 Å². The molecule has 4 aromatic rings. The van der Waals surface area contributed by atoms with Crippen LogP contribution in [0, 0.1) is 0 Å². The summed E-state index contributed by atoms with van der Waals surface area (Å²) in [5, 5.41) is 40.3. The van der Waals surface area contributed by atoms with Crippen molar-refractivity contribution in [1.29, 1.82) is 0 Å². The smallest absolute Gasteiger partial charge is 0.315 e. The van der Waals surface area contributed by atoms with Gasteiger partial charge in [-0.25, -0.2) is 19.7 Å². The Balaban J connectivity index is 1.22. The molecule has 0 unspecified atom stereocenters. The monoisotopic (exact) mass is 672 g/mol. The van der Waals surface area contributed by atoms with Crippen LogP contribution in [0.2, 0.25) is 0 Å². The number of amides is 2. The molecule has 2 aliphatic rings. The highest BCUT2D eigenvalue weighted by Crippen LogP contribution is 2.33. The Bertz CT molecular complexity index is 1610. The van der Waals surface area contributed by atoms with Crippen LogP contribution < -0.4 is 16.0 Å². The molecule has 0 radical (unpaired) electrons. The second-order valence-corrected chi connectivity index (χ2v) is 13.2. The summed E-state index contributed by atoms with van der Waals surface area (Å²) in [6.45, 7) is 5.76. The Labute approximate surface area is 286 Å². The predicted octanol–water partition coefficient (Wildman–Crippen LogP) is 3.13. The Morgan fingerprint density at radius 3 is 2.27 bits per heavy atom. The molecule has 1 saturated heterocycles. The Hall–Kier alpha value is -4.14. The van der Waals surface area contributed by atoms with E-state index in [4.69, 9.17) is 14.7 Å². The van der Waals surface area contributed by atoms with Crippen molar-refractivity contribution in [1.82, 2.24) is 35.1 Å². The number of ether oxygens (including phenoxy) is 1. The number of aromatic nitrogens is 4. The first kappa shape index (κ1) is 34.7. The highest BCUT2D eigenvalue weighted by atomic mass is 16.6. The van der Waals surface area contributed by atoms with Gasteiger partial charge in [-0.05, 0) is 37.8 Å². The molecule has 4 atom stereocenters. The fourth-order valence-corrected chi connectivity index (χ4v) is 7.08. The number of aliphatic hydroxyl groups is 3. The zero-order valence-electron chi connectivity index (χ0n) is 28.2. The quantitative estimate of drug-likeness (QED) is 0.117. The standard InChI is InChI=1S/C36H48N8O5/c1-23(2)43(26-15-9-10-16-26)18-17-37-36(48)39-20-29-41-33(38-19-27(24-11-5-3-6-12-24)25-13-7-4-8-14-25)30-34(42-29)44(22-40-30)35-32(47)31(46)28(21-45)49-35/h3-8,11-14,22-23,26-28,31-32,35,45-47H,9-10,15-21H2,1-2H3,(H2,37,39,48)(H,38,41,42)/t28-,31-,32-,35-/m1/s1. The summed E-state index contributed by atoms with van der Waals surface area (Å²) in [5.74, 6) is 0.773. The number of fused-ring (bicyclic) bond motifs is 1. The minimum absolute atomic E-state index is 0.00283. The van der Waals surface area contributed by atoms with Crippen molar-refractivity contribution in [3.8, 4) is 0 Å². The van der Waals surface area contributed by atoms with Gasteiger partial charge in [-0.2, -0.15) is 0 Å². The topological polar surface area (TPSA) is 170 Å². The molecule has 262 valence electrons. The van der Waals surface area contributed by atoms with E-state index in [0.717, 1.165) is 17.7 Å². The Morgan fingerprint density at radius 2 is 1.65 bits per heavy atom. The molecule has 2 aromatic carbocycles. The summed E-state index contributed by atoms with van der Waals surface area (Å²) in [4.78, 5) is 29.4. The van der Waals surface area contributed by atoms with Crippen molar-refractivity contribution in [3.05, 3.63) is 83.9 Å². The van der Waals surface area contributed by atoms with E-state index in [1.54, 1.807) is 0 Å². The molecule has 0 spiro atoms. The molecule has 13 heteroatoms. The fraction of sp³-hybridized carbons (Fsp3) is 0.500. The molecule has 1 saturated carbocycles. The minimum Gasteiger partial charge on any atom is -0.394 e. The van der Waals surface area contributed by atoms with Gasteiger partial charge in [0, 0.05) is 37.6 Å². The van der Waals surface area contributed by atoms with Crippen molar-refractivity contribution in [2.75, 3.05) is 31.6 Å². The summed E-state index contributed by atoms with van der Waals surface area (Å²) in [6, 6.07) is 21.1. The maximum atomic E-state index is 12.9. The number of aliphatic hydroxyl groups excluding tert-OH is 3. The summed E-state index contributed by atoms with van der Waals surface area (Å²) in [7, 11) is 0. The van der Waals surface area contributed by atoms with E-state index in [1.165, 1.54) is 36.6 Å². The number of hydrogen-bond donors (Lipinski definition) is 6. The van der Waals surface area contributed by atoms with Gasteiger partial charge in [-0.1, -0.05) is 73.5 Å². The maximum absolute atomic E-state index is 12.9. The molecule has 2 amide bonds. The molecule has 3 heterocycles. The van der Waals surface area contributed by atoms with Gasteiger partial charge in [0.1, 0.15) is 18.3 Å². The number of benzene rings is 2. The van der Waals surface area contributed by atoms with Gasteiger partial charge in [0.15, 0.2) is 29.0 Å². The lowest BCUT2D eigenvalue weighted by Crippen LogP contribution is -2.45. The molecule has 1 aliphatic heterocycles. The fourth-order valence-electron chi connectivity index (χ4n) is 7.08. The molecule has 2 fully saturated rings. The van der Waals surface area contributed by atoms with Crippen LogP contribution in [-0.2, 0) is 11.3 Å². The van der Waals surface area contributed by atoms with Gasteiger partial charge in [0.2, 0.25) is 0 Å². The number of anilines is 1. The van der Waals surface area contributed by atoms with Crippen molar-refractivity contribution in [2.24, 2.45) is 0 Å². The van der Waals surface area contributed by atoms with Gasteiger partial charge in [0.25, 0.3) is 0 Å².